The van der Waals surface area contributed by atoms with Crippen LogP contribution >= 0.6 is 0 Å². The molecule has 1 atom stereocenters. The highest BCUT2D eigenvalue weighted by Crippen LogP contribution is 2.36. The average molecular weight is 292 g/mol. The van der Waals surface area contributed by atoms with Crippen LogP contribution in [0.4, 0.5) is 4.39 Å². The van der Waals surface area contributed by atoms with Crippen molar-refractivity contribution in [2.24, 2.45) is 0 Å². The van der Waals surface area contributed by atoms with Crippen LogP contribution in [0, 0.1) is 5.82 Å². The Labute approximate surface area is 126 Å². The van der Waals surface area contributed by atoms with Gasteiger partial charge in [-0.25, -0.2) is 4.39 Å². The Kier molecular flexibility index (Phi) is 4.88. The van der Waals surface area contributed by atoms with E-state index in [0.29, 0.717) is 18.1 Å². The molecule has 116 valence electrons. The minimum Gasteiger partial charge on any atom is -0.374 e. The summed E-state index contributed by atoms with van der Waals surface area (Å²) in [5.41, 5.74) is 1.26. The van der Waals surface area contributed by atoms with E-state index in [2.05, 4.69) is 17.1 Å². The van der Waals surface area contributed by atoms with Gasteiger partial charge in [0, 0.05) is 25.7 Å². The third-order valence-corrected chi connectivity index (χ3v) is 4.78. The Balaban J connectivity index is 1.38. The molecule has 1 aliphatic heterocycles. The molecule has 1 N–H and O–H groups in total. The molecule has 2 fully saturated rings. The summed E-state index contributed by atoms with van der Waals surface area (Å²) in [7, 11) is 0. The molecule has 1 aromatic carbocycles. The third-order valence-electron chi connectivity index (χ3n) is 4.78. The second kappa shape index (κ2) is 6.86. The quantitative estimate of drug-likeness (QED) is 0.902. The SMILES string of the molecule is CCN1CCOC(CNC2CC(c3ccc(F)cc3)C2)C1. The highest BCUT2D eigenvalue weighted by atomic mass is 19.1. The highest BCUT2D eigenvalue weighted by Gasteiger charge is 2.30. The molecule has 3 rings (SSSR count). The smallest absolute Gasteiger partial charge is 0.123 e. The lowest BCUT2D eigenvalue weighted by atomic mass is 9.76. The van der Waals surface area contributed by atoms with Gasteiger partial charge in [0.2, 0.25) is 0 Å². The topological polar surface area (TPSA) is 24.5 Å². The number of benzene rings is 1. The average Bonchev–Trinajstić information content (AvgIpc) is 2.47. The molecule has 1 saturated heterocycles. The lowest BCUT2D eigenvalue weighted by Crippen LogP contribution is -2.50. The summed E-state index contributed by atoms with van der Waals surface area (Å²) in [6.07, 6.45) is 2.62. The van der Waals surface area contributed by atoms with E-state index < -0.39 is 0 Å². The van der Waals surface area contributed by atoms with Gasteiger partial charge in [0.15, 0.2) is 0 Å². The Hall–Kier alpha value is -0.970. The fourth-order valence-corrected chi connectivity index (χ4v) is 3.28. The number of likely N-dealkylation sites (N-methyl/N-ethyl adjacent to an activating group) is 1. The molecule has 1 unspecified atom stereocenters. The Morgan fingerprint density at radius 3 is 2.76 bits per heavy atom. The van der Waals surface area contributed by atoms with E-state index in [0.717, 1.165) is 45.6 Å². The fraction of sp³-hybridized carbons (Fsp3) is 0.647. The Morgan fingerprint density at radius 2 is 2.05 bits per heavy atom. The van der Waals surface area contributed by atoms with Crippen LogP contribution in [-0.2, 0) is 4.74 Å². The molecule has 1 aromatic rings. The molecule has 3 nitrogen and oxygen atoms in total. The van der Waals surface area contributed by atoms with E-state index in [4.69, 9.17) is 4.74 Å². The molecule has 1 heterocycles. The van der Waals surface area contributed by atoms with Crippen molar-refractivity contribution >= 4 is 0 Å². The zero-order valence-electron chi connectivity index (χ0n) is 12.7. The third kappa shape index (κ3) is 3.82. The van der Waals surface area contributed by atoms with Crippen molar-refractivity contribution in [2.45, 2.75) is 37.8 Å². The lowest BCUT2D eigenvalue weighted by Gasteiger charge is -2.38. The lowest BCUT2D eigenvalue weighted by molar-refractivity contribution is -0.0276. The molecule has 0 radical (unpaired) electrons. The maximum atomic E-state index is 12.9. The number of hydrogen-bond donors (Lipinski definition) is 1. The second-order valence-electron chi connectivity index (χ2n) is 6.21. The van der Waals surface area contributed by atoms with Crippen molar-refractivity contribution in [3.8, 4) is 0 Å². The van der Waals surface area contributed by atoms with Crippen LogP contribution in [0.3, 0.4) is 0 Å². The molecule has 0 amide bonds. The molecule has 0 spiro atoms. The first kappa shape index (κ1) is 14.9. The molecule has 21 heavy (non-hydrogen) atoms. The van der Waals surface area contributed by atoms with Gasteiger partial charge in [0.05, 0.1) is 12.7 Å². The number of hydrogen-bond acceptors (Lipinski definition) is 3. The van der Waals surface area contributed by atoms with Gasteiger partial charge < -0.3 is 10.1 Å². The van der Waals surface area contributed by atoms with Gasteiger partial charge in [-0.2, -0.15) is 0 Å². The number of ether oxygens (including phenoxy) is 1. The number of nitrogens with zero attached hydrogens (tertiary/aromatic N) is 1. The van der Waals surface area contributed by atoms with Crippen molar-refractivity contribution in [2.75, 3.05) is 32.8 Å². The van der Waals surface area contributed by atoms with Crippen molar-refractivity contribution in [1.82, 2.24) is 10.2 Å². The normalized spacial score (nSPS) is 30.1. The van der Waals surface area contributed by atoms with Crippen LogP contribution in [0.25, 0.3) is 0 Å². The van der Waals surface area contributed by atoms with Crippen LogP contribution in [0.1, 0.15) is 31.2 Å². The maximum absolute atomic E-state index is 12.9. The monoisotopic (exact) mass is 292 g/mol. The van der Waals surface area contributed by atoms with Gasteiger partial charge in [-0.15, -0.1) is 0 Å². The molecular formula is C17H25FN2O. The summed E-state index contributed by atoms with van der Waals surface area (Å²) in [5, 5.41) is 3.62. The van der Waals surface area contributed by atoms with E-state index in [1.165, 1.54) is 5.56 Å². The molecule has 0 aromatic heterocycles. The number of halogens is 1. The minimum atomic E-state index is -0.150. The zero-order chi connectivity index (χ0) is 14.7. The second-order valence-corrected chi connectivity index (χ2v) is 6.21. The first-order valence-corrected chi connectivity index (χ1v) is 8.07. The van der Waals surface area contributed by atoms with Gasteiger partial charge in [-0.1, -0.05) is 19.1 Å². The molecule has 0 bridgehead atoms. The zero-order valence-corrected chi connectivity index (χ0v) is 12.7. The summed E-state index contributed by atoms with van der Waals surface area (Å²) >= 11 is 0. The van der Waals surface area contributed by atoms with Crippen LogP contribution in [0.15, 0.2) is 24.3 Å². The van der Waals surface area contributed by atoms with Crippen molar-refractivity contribution < 1.29 is 9.13 Å². The van der Waals surface area contributed by atoms with Gasteiger partial charge >= 0.3 is 0 Å². The van der Waals surface area contributed by atoms with Crippen molar-refractivity contribution in [3.05, 3.63) is 35.6 Å². The Morgan fingerprint density at radius 1 is 1.29 bits per heavy atom. The summed E-state index contributed by atoms with van der Waals surface area (Å²) in [6, 6.07) is 7.54. The molecular weight excluding hydrogens is 267 g/mol. The molecule has 1 saturated carbocycles. The largest absolute Gasteiger partial charge is 0.374 e. The standard InChI is InChI=1S/C17H25FN2O/c1-2-20-7-8-21-17(12-20)11-19-16-9-14(10-16)13-3-5-15(18)6-4-13/h3-6,14,16-17,19H,2,7-12H2,1H3. The summed E-state index contributed by atoms with van der Waals surface area (Å²) < 4.78 is 18.7. The van der Waals surface area contributed by atoms with Crippen LogP contribution in [0.5, 0.6) is 0 Å². The summed E-state index contributed by atoms with van der Waals surface area (Å²) in [4.78, 5) is 2.44. The maximum Gasteiger partial charge on any atom is 0.123 e. The van der Waals surface area contributed by atoms with E-state index >= 15 is 0 Å². The number of rotatable bonds is 5. The van der Waals surface area contributed by atoms with Crippen LogP contribution in [0.2, 0.25) is 0 Å². The van der Waals surface area contributed by atoms with E-state index in [1.54, 1.807) is 12.1 Å². The summed E-state index contributed by atoms with van der Waals surface area (Å²) in [6.45, 7) is 7.20. The molecule has 2 aliphatic rings. The van der Waals surface area contributed by atoms with E-state index in [1.807, 2.05) is 12.1 Å². The predicted molar refractivity (Wildman–Crippen MR) is 82.0 cm³/mol. The van der Waals surface area contributed by atoms with E-state index in [-0.39, 0.29) is 5.82 Å². The Bertz CT molecular complexity index is 445. The first-order chi connectivity index (χ1) is 10.2. The van der Waals surface area contributed by atoms with E-state index in [9.17, 15) is 4.39 Å². The minimum absolute atomic E-state index is 0.150. The van der Waals surface area contributed by atoms with Crippen molar-refractivity contribution in [3.63, 3.8) is 0 Å². The fourth-order valence-electron chi connectivity index (χ4n) is 3.28. The highest BCUT2D eigenvalue weighted by molar-refractivity contribution is 5.23. The van der Waals surface area contributed by atoms with Crippen molar-refractivity contribution in [1.29, 1.82) is 0 Å². The number of nitrogens with one attached hydrogen (secondary N) is 1. The van der Waals surface area contributed by atoms with Crippen LogP contribution < -0.4 is 5.32 Å². The van der Waals surface area contributed by atoms with Gasteiger partial charge in [0.25, 0.3) is 0 Å². The predicted octanol–water partition coefficient (Wildman–Crippen LogP) is 2.38. The molecule has 1 aliphatic carbocycles. The first-order valence-electron chi connectivity index (χ1n) is 8.07. The van der Waals surface area contributed by atoms with Gasteiger partial charge in [-0.3, -0.25) is 4.90 Å². The van der Waals surface area contributed by atoms with Gasteiger partial charge in [0.1, 0.15) is 5.82 Å². The summed E-state index contributed by atoms with van der Waals surface area (Å²) in [5.74, 6) is 0.435. The van der Waals surface area contributed by atoms with Gasteiger partial charge in [-0.05, 0) is 43.0 Å². The number of morpholine rings is 1. The van der Waals surface area contributed by atoms with Crippen LogP contribution in [-0.4, -0.2) is 49.8 Å². The molecule has 4 heteroatoms.